The van der Waals surface area contributed by atoms with Crippen LogP contribution in [-0.4, -0.2) is 57.4 Å². The van der Waals surface area contributed by atoms with Crippen molar-refractivity contribution in [2.45, 2.75) is 59.5 Å². The normalized spacial score (nSPS) is 13.9. The third-order valence-electron chi connectivity index (χ3n) is 8.55. The van der Waals surface area contributed by atoms with Gasteiger partial charge in [-0.3, -0.25) is 9.69 Å². The quantitative estimate of drug-likeness (QED) is 0.197. The Hall–Kier alpha value is -4.17. The molecule has 1 heterocycles. The molecule has 0 aliphatic heterocycles. The molecule has 1 aromatic heterocycles. The second kappa shape index (κ2) is 12.4. The number of rotatable bonds is 11. The molecular weight excluding hydrogens is 552 g/mol. The number of nitrogens with zero attached hydrogens (tertiary/aromatic N) is 3. The van der Waals surface area contributed by atoms with Gasteiger partial charge < -0.3 is 19.7 Å². The minimum absolute atomic E-state index is 0.0353. The first-order valence-corrected chi connectivity index (χ1v) is 15.3. The molecule has 8 nitrogen and oxygen atoms in total. The maximum Gasteiger partial charge on any atom is 0.410 e. The summed E-state index contributed by atoms with van der Waals surface area (Å²) in [4.78, 5) is 32.5. The summed E-state index contributed by atoms with van der Waals surface area (Å²) < 4.78 is 8.02. The van der Waals surface area contributed by atoms with E-state index in [4.69, 9.17) is 9.72 Å². The van der Waals surface area contributed by atoms with Crippen LogP contribution in [0.25, 0.3) is 22.2 Å². The first kappa shape index (κ1) is 31.3. The van der Waals surface area contributed by atoms with Crippen molar-refractivity contribution in [2.75, 3.05) is 19.7 Å². The van der Waals surface area contributed by atoms with E-state index >= 15 is 0 Å². The van der Waals surface area contributed by atoms with E-state index in [1.165, 1.54) is 11.1 Å². The topological polar surface area (TPSA) is 96.7 Å². The summed E-state index contributed by atoms with van der Waals surface area (Å²) in [5, 5.41) is 13.4. The van der Waals surface area contributed by atoms with Gasteiger partial charge in [-0.05, 0) is 51.6 Å². The largest absolute Gasteiger partial charge is 0.480 e. The highest BCUT2D eigenvalue weighted by Gasteiger charge is 2.38. The summed E-state index contributed by atoms with van der Waals surface area (Å²) in [7, 11) is 1.94. The Bertz CT molecular complexity index is 1610. The maximum atomic E-state index is 13.8. The summed E-state index contributed by atoms with van der Waals surface area (Å²) in [6, 6.07) is 23.6. The van der Waals surface area contributed by atoms with E-state index in [0.717, 1.165) is 34.4 Å². The Morgan fingerprint density at radius 2 is 1.55 bits per heavy atom. The minimum atomic E-state index is -0.901. The van der Waals surface area contributed by atoms with E-state index < -0.39 is 23.5 Å². The highest BCUT2D eigenvalue weighted by Crippen LogP contribution is 2.44. The van der Waals surface area contributed by atoms with Gasteiger partial charge in [-0.2, -0.15) is 0 Å². The summed E-state index contributed by atoms with van der Waals surface area (Å²) in [5.41, 5.74) is 5.92. The van der Waals surface area contributed by atoms with Gasteiger partial charge in [0.05, 0.1) is 17.6 Å². The van der Waals surface area contributed by atoms with Crippen LogP contribution >= 0.6 is 0 Å². The van der Waals surface area contributed by atoms with E-state index in [1.807, 2.05) is 74.0 Å². The molecule has 0 unspecified atom stereocenters. The van der Waals surface area contributed by atoms with E-state index in [1.54, 1.807) is 4.90 Å². The zero-order valence-corrected chi connectivity index (χ0v) is 26.6. The van der Waals surface area contributed by atoms with Crippen LogP contribution in [0.1, 0.15) is 63.9 Å². The number of aromatic nitrogens is 2. The zero-order chi connectivity index (χ0) is 31.6. The number of aliphatic carboxylic acids is 1. The average Bonchev–Trinajstić information content (AvgIpc) is 3.45. The van der Waals surface area contributed by atoms with Gasteiger partial charge in [0.1, 0.15) is 18.5 Å². The smallest absolute Gasteiger partial charge is 0.410 e. The first-order valence-electron chi connectivity index (χ1n) is 15.3. The number of fused-ring (bicyclic) bond motifs is 4. The Kier molecular flexibility index (Phi) is 8.84. The standard InChI is InChI=1S/C36H44N4O4/c1-35(2,3)23-36(4,5)32(33(41)42)37-19-20-40(21-31-38-29-17-11-12-18-30(29)39(31)6)34(43)44-22-28-26-15-9-7-13-24(26)25-14-8-10-16-27(25)28/h7-18,28,32,37H,19-23H2,1-6H3,(H,41,42)/t32-/m1/s1. The predicted molar refractivity (Wildman–Crippen MR) is 173 cm³/mol. The molecule has 0 bridgehead atoms. The third-order valence-corrected chi connectivity index (χ3v) is 8.55. The Balaban J connectivity index is 1.34. The maximum absolute atomic E-state index is 13.8. The van der Waals surface area contributed by atoms with Crippen molar-refractivity contribution in [1.82, 2.24) is 19.8 Å². The van der Waals surface area contributed by atoms with Crippen molar-refractivity contribution in [3.63, 3.8) is 0 Å². The highest BCUT2D eigenvalue weighted by molar-refractivity contribution is 5.79. The lowest BCUT2D eigenvalue weighted by molar-refractivity contribution is -0.143. The molecule has 1 amide bonds. The molecule has 1 aliphatic carbocycles. The van der Waals surface area contributed by atoms with E-state index in [9.17, 15) is 14.7 Å². The van der Waals surface area contributed by atoms with Crippen LogP contribution in [0, 0.1) is 10.8 Å². The van der Waals surface area contributed by atoms with Gasteiger partial charge in [0.15, 0.2) is 0 Å². The fourth-order valence-electron chi connectivity index (χ4n) is 6.94. The van der Waals surface area contributed by atoms with Gasteiger partial charge in [0, 0.05) is 26.1 Å². The van der Waals surface area contributed by atoms with Gasteiger partial charge in [-0.25, -0.2) is 9.78 Å². The molecule has 8 heteroatoms. The predicted octanol–water partition coefficient (Wildman–Crippen LogP) is 6.83. The van der Waals surface area contributed by atoms with Crippen LogP contribution in [0.3, 0.4) is 0 Å². The summed E-state index contributed by atoms with van der Waals surface area (Å²) in [6.45, 7) is 11.3. The van der Waals surface area contributed by atoms with Gasteiger partial charge >= 0.3 is 12.1 Å². The van der Waals surface area contributed by atoms with Crippen LogP contribution in [0.2, 0.25) is 0 Å². The number of carbonyl (C=O) groups is 2. The second-order valence-electron chi connectivity index (χ2n) is 13.8. The fraction of sp³-hybridized carbons (Fsp3) is 0.417. The van der Waals surface area contributed by atoms with Crippen LogP contribution in [-0.2, 0) is 23.1 Å². The molecule has 5 rings (SSSR count). The molecule has 3 aromatic carbocycles. The van der Waals surface area contributed by atoms with Gasteiger partial charge in [-0.1, -0.05) is 95.3 Å². The van der Waals surface area contributed by atoms with Crippen molar-refractivity contribution < 1.29 is 19.4 Å². The summed E-state index contributed by atoms with van der Waals surface area (Å²) >= 11 is 0. The van der Waals surface area contributed by atoms with Crippen molar-refractivity contribution >= 4 is 23.1 Å². The van der Waals surface area contributed by atoms with E-state index in [0.29, 0.717) is 6.54 Å². The van der Waals surface area contributed by atoms with Gasteiger partial charge in [0.2, 0.25) is 0 Å². The number of carboxylic acid groups (broad SMARTS) is 1. The third kappa shape index (κ3) is 6.65. The number of imidazole rings is 1. The molecule has 0 radical (unpaired) electrons. The first-order chi connectivity index (χ1) is 20.9. The Labute approximate surface area is 260 Å². The SMILES string of the molecule is Cn1c(CN(CCN[C@H](C(=O)O)C(C)(C)CC(C)(C)C)C(=O)OCC2c3ccccc3-c3ccccc32)nc2ccccc21. The monoisotopic (exact) mass is 596 g/mol. The van der Waals surface area contributed by atoms with Crippen molar-refractivity contribution in [2.24, 2.45) is 17.9 Å². The molecule has 0 spiro atoms. The number of amides is 1. The van der Waals surface area contributed by atoms with Crippen LogP contribution in [0.4, 0.5) is 4.79 Å². The lowest BCUT2D eigenvalue weighted by Crippen LogP contribution is -2.51. The van der Waals surface area contributed by atoms with Gasteiger partial charge in [-0.15, -0.1) is 0 Å². The number of benzene rings is 3. The summed E-state index contributed by atoms with van der Waals surface area (Å²) in [5.74, 6) is -0.235. The number of para-hydroxylation sites is 2. The number of carbonyl (C=O) groups excluding carboxylic acids is 1. The average molecular weight is 597 g/mol. The van der Waals surface area contributed by atoms with Gasteiger partial charge in [0.25, 0.3) is 0 Å². The number of hydrogen-bond donors (Lipinski definition) is 2. The molecule has 4 aromatic rings. The van der Waals surface area contributed by atoms with E-state index in [-0.39, 0.29) is 31.0 Å². The van der Waals surface area contributed by atoms with Crippen molar-refractivity contribution in [1.29, 1.82) is 0 Å². The molecule has 1 atom stereocenters. The number of aryl methyl sites for hydroxylation is 1. The minimum Gasteiger partial charge on any atom is -0.480 e. The molecule has 0 saturated carbocycles. The van der Waals surface area contributed by atoms with Crippen LogP contribution in [0.5, 0.6) is 0 Å². The number of carboxylic acids is 1. The number of ether oxygens (including phenoxy) is 1. The second-order valence-corrected chi connectivity index (χ2v) is 13.8. The fourth-order valence-corrected chi connectivity index (χ4v) is 6.94. The highest BCUT2D eigenvalue weighted by atomic mass is 16.6. The van der Waals surface area contributed by atoms with Crippen LogP contribution < -0.4 is 5.32 Å². The summed E-state index contributed by atoms with van der Waals surface area (Å²) in [6.07, 6.45) is 0.265. The van der Waals surface area contributed by atoms with Crippen LogP contribution in [0.15, 0.2) is 72.8 Å². The Morgan fingerprint density at radius 3 is 2.14 bits per heavy atom. The van der Waals surface area contributed by atoms with E-state index in [2.05, 4.69) is 50.4 Å². The number of nitrogens with one attached hydrogen (secondary N) is 1. The lowest BCUT2D eigenvalue weighted by atomic mass is 9.72. The Morgan fingerprint density at radius 1 is 0.955 bits per heavy atom. The molecule has 232 valence electrons. The molecule has 0 fully saturated rings. The lowest BCUT2D eigenvalue weighted by Gasteiger charge is -2.37. The van der Waals surface area contributed by atoms with Crippen molar-refractivity contribution in [3.05, 3.63) is 89.7 Å². The van der Waals surface area contributed by atoms with Crippen molar-refractivity contribution in [3.8, 4) is 11.1 Å². The zero-order valence-electron chi connectivity index (χ0n) is 26.6. The molecule has 44 heavy (non-hydrogen) atoms. The molecule has 1 aliphatic rings. The molecule has 0 saturated heterocycles. The molecular formula is C36H44N4O4. The number of hydrogen-bond acceptors (Lipinski definition) is 5. The molecule has 2 N–H and O–H groups in total.